The van der Waals surface area contributed by atoms with Gasteiger partial charge < -0.3 is 16.2 Å². The molecule has 0 aliphatic heterocycles. The number of anilines is 2. The summed E-state index contributed by atoms with van der Waals surface area (Å²) in [4.78, 5) is 13.3. The zero-order valence-electron chi connectivity index (χ0n) is 20.5. The first-order valence-corrected chi connectivity index (χ1v) is 12.7. The molecule has 0 aliphatic carbocycles. The number of rotatable bonds is 6. The minimum atomic E-state index is -4.50. The number of hydrogen-bond donors (Lipinski definition) is 3. The van der Waals surface area contributed by atoms with Gasteiger partial charge in [0.2, 0.25) is 0 Å². The predicted octanol–water partition coefficient (Wildman–Crippen LogP) is 7.13. The van der Waals surface area contributed by atoms with Gasteiger partial charge >= 0.3 is 6.18 Å². The van der Waals surface area contributed by atoms with Crippen LogP contribution in [0.25, 0.3) is 22.0 Å². The normalized spacial score (nSPS) is 12.6. The van der Waals surface area contributed by atoms with Gasteiger partial charge in [0.05, 0.1) is 22.1 Å². The number of benzene rings is 3. The van der Waals surface area contributed by atoms with Gasteiger partial charge in [0.15, 0.2) is 0 Å². The van der Waals surface area contributed by atoms with E-state index in [1.807, 2.05) is 35.7 Å². The number of nitrogens with one attached hydrogen (secondary N) is 1. The Kier molecular flexibility index (Phi) is 6.66. The van der Waals surface area contributed by atoms with E-state index in [1.165, 1.54) is 17.4 Å². The standard InChI is InChI=1S/C28H24F3N5OS/c1-15(20-9-21(28(29,30)31)14-22(32)10-20)34-27-23-11-17(5-6-24(23)35-16(2)36-27)18-3-4-19(25(37)12-18)13-26-33-7-8-38-26/h3-12,14-15,37H,13,32H2,1-2H3,(H,34,35,36). The van der Waals surface area contributed by atoms with E-state index in [1.54, 1.807) is 26.1 Å². The molecule has 2 heterocycles. The fourth-order valence-electron chi connectivity index (χ4n) is 4.31. The molecular formula is C28H24F3N5OS. The number of thiazole rings is 1. The Morgan fingerprint density at radius 2 is 1.79 bits per heavy atom. The van der Waals surface area contributed by atoms with E-state index in [2.05, 4.69) is 20.3 Å². The zero-order chi connectivity index (χ0) is 27.0. The molecule has 3 aromatic carbocycles. The van der Waals surface area contributed by atoms with Gasteiger partial charge in [-0.1, -0.05) is 18.2 Å². The molecule has 5 rings (SSSR count). The number of nitrogens with two attached hydrogens (primary N) is 1. The van der Waals surface area contributed by atoms with Crippen LogP contribution in [0.2, 0.25) is 0 Å². The van der Waals surface area contributed by atoms with Crippen LogP contribution in [0, 0.1) is 6.92 Å². The number of fused-ring (bicyclic) bond motifs is 1. The molecular weight excluding hydrogens is 511 g/mol. The van der Waals surface area contributed by atoms with Crippen LogP contribution >= 0.6 is 11.3 Å². The Balaban J connectivity index is 1.48. The molecule has 0 bridgehead atoms. The summed E-state index contributed by atoms with van der Waals surface area (Å²) >= 11 is 1.53. The number of hydrogen-bond acceptors (Lipinski definition) is 7. The maximum atomic E-state index is 13.3. The summed E-state index contributed by atoms with van der Waals surface area (Å²) < 4.78 is 40.0. The fourth-order valence-corrected chi connectivity index (χ4v) is 4.95. The van der Waals surface area contributed by atoms with Crippen molar-refractivity contribution < 1.29 is 18.3 Å². The van der Waals surface area contributed by atoms with Crippen molar-refractivity contribution in [1.29, 1.82) is 0 Å². The van der Waals surface area contributed by atoms with E-state index in [0.29, 0.717) is 34.5 Å². The fraction of sp³-hybridized carbons (Fsp3) is 0.179. The Bertz CT molecular complexity index is 1620. The van der Waals surface area contributed by atoms with E-state index in [4.69, 9.17) is 5.73 Å². The summed E-state index contributed by atoms with van der Waals surface area (Å²) in [5.74, 6) is 1.18. The van der Waals surface area contributed by atoms with Crippen molar-refractivity contribution in [3.8, 4) is 16.9 Å². The van der Waals surface area contributed by atoms with Crippen LogP contribution in [0.15, 0.2) is 66.2 Å². The lowest BCUT2D eigenvalue weighted by atomic mass is 10.00. The number of phenols is 1. The molecule has 0 saturated carbocycles. The van der Waals surface area contributed by atoms with Gasteiger partial charge in [0, 0.05) is 34.6 Å². The van der Waals surface area contributed by atoms with Crippen LogP contribution in [0.5, 0.6) is 5.75 Å². The smallest absolute Gasteiger partial charge is 0.416 e. The van der Waals surface area contributed by atoms with Crippen molar-refractivity contribution in [2.75, 3.05) is 11.1 Å². The van der Waals surface area contributed by atoms with Gasteiger partial charge in [-0.3, -0.25) is 0 Å². The Morgan fingerprint density at radius 3 is 2.50 bits per heavy atom. The van der Waals surface area contributed by atoms with Gasteiger partial charge in [-0.05, 0) is 66.9 Å². The second kappa shape index (κ2) is 9.94. The highest BCUT2D eigenvalue weighted by molar-refractivity contribution is 7.09. The second-order valence-corrected chi connectivity index (χ2v) is 10.0. The van der Waals surface area contributed by atoms with Crippen molar-refractivity contribution >= 4 is 33.7 Å². The minimum absolute atomic E-state index is 0.0348. The number of phenolic OH excluding ortho intramolecular Hbond substituents is 1. The third-order valence-corrected chi connectivity index (χ3v) is 6.99. The van der Waals surface area contributed by atoms with Gasteiger partial charge in [-0.15, -0.1) is 11.3 Å². The summed E-state index contributed by atoms with van der Waals surface area (Å²) in [6, 6.07) is 14.2. The number of aromatic hydroxyl groups is 1. The lowest BCUT2D eigenvalue weighted by Crippen LogP contribution is -2.12. The first-order chi connectivity index (χ1) is 18.1. The number of halogens is 3. The number of nitrogens with zero attached hydrogens (tertiary/aromatic N) is 3. The molecule has 2 aromatic heterocycles. The van der Waals surface area contributed by atoms with Crippen molar-refractivity contribution in [2.24, 2.45) is 0 Å². The lowest BCUT2D eigenvalue weighted by Gasteiger charge is -2.19. The molecule has 0 radical (unpaired) electrons. The van der Waals surface area contributed by atoms with Crippen LogP contribution in [-0.4, -0.2) is 20.1 Å². The topological polar surface area (TPSA) is 97.0 Å². The maximum absolute atomic E-state index is 13.3. The number of alkyl halides is 3. The number of aromatic nitrogens is 3. The average molecular weight is 536 g/mol. The highest BCUT2D eigenvalue weighted by Gasteiger charge is 2.31. The summed E-state index contributed by atoms with van der Waals surface area (Å²) in [7, 11) is 0. The number of nitrogen functional groups attached to an aromatic ring is 1. The Hall–Kier alpha value is -4.18. The Labute approximate surface area is 221 Å². The molecule has 0 amide bonds. The third-order valence-electron chi connectivity index (χ3n) is 6.21. The lowest BCUT2D eigenvalue weighted by molar-refractivity contribution is -0.137. The molecule has 4 N–H and O–H groups in total. The molecule has 194 valence electrons. The van der Waals surface area contributed by atoms with E-state index >= 15 is 0 Å². The summed E-state index contributed by atoms with van der Waals surface area (Å²) in [6.45, 7) is 3.51. The van der Waals surface area contributed by atoms with Gasteiger partial charge in [-0.2, -0.15) is 13.2 Å². The molecule has 0 aliphatic rings. The third kappa shape index (κ3) is 5.40. The largest absolute Gasteiger partial charge is 0.508 e. The molecule has 0 spiro atoms. The van der Waals surface area contributed by atoms with Crippen molar-refractivity contribution in [2.45, 2.75) is 32.5 Å². The Morgan fingerprint density at radius 1 is 1.03 bits per heavy atom. The molecule has 38 heavy (non-hydrogen) atoms. The van der Waals surface area contributed by atoms with E-state index in [9.17, 15) is 18.3 Å². The second-order valence-electron chi connectivity index (χ2n) is 9.05. The van der Waals surface area contributed by atoms with Crippen molar-refractivity contribution in [1.82, 2.24) is 15.0 Å². The van der Waals surface area contributed by atoms with Gasteiger partial charge in [-0.25, -0.2) is 15.0 Å². The van der Waals surface area contributed by atoms with E-state index in [0.717, 1.165) is 33.8 Å². The predicted molar refractivity (Wildman–Crippen MR) is 144 cm³/mol. The zero-order valence-corrected chi connectivity index (χ0v) is 21.4. The van der Waals surface area contributed by atoms with Crippen molar-refractivity contribution in [3.63, 3.8) is 0 Å². The highest BCUT2D eigenvalue weighted by Crippen LogP contribution is 2.35. The van der Waals surface area contributed by atoms with Crippen LogP contribution in [0.3, 0.4) is 0 Å². The van der Waals surface area contributed by atoms with Crippen LogP contribution in [-0.2, 0) is 12.6 Å². The monoisotopic (exact) mass is 535 g/mol. The first kappa shape index (κ1) is 25.5. The molecule has 0 saturated heterocycles. The molecule has 1 atom stereocenters. The minimum Gasteiger partial charge on any atom is -0.508 e. The molecule has 6 nitrogen and oxygen atoms in total. The van der Waals surface area contributed by atoms with Gasteiger partial charge in [0.1, 0.15) is 17.4 Å². The van der Waals surface area contributed by atoms with E-state index < -0.39 is 17.8 Å². The SMILES string of the molecule is Cc1nc(NC(C)c2cc(N)cc(C(F)(F)F)c2)c2cc(-c3ccc(Cc4nccs4)c(O)c3)ccc2n1. The molecule has 0 fully saturated rings. The first-order valence-electron chi connectivity index (χ1n) is 11.8. The van der Waals surface area contributed by atoms with Crippen LogP contribution in [0.1, 0.15) is 40.5 Å². The molecule has 1 unspecified atom stereocenters. The summed E-state index contributed by atoms with van der Waals surface area (Å²) in [5, 5.41) is 17.4. The van der Waals surface area contributed by atoms with Crippen LogP contribution < -0.4 is 11.1 Å². The molecule has 5 aromatic rings. The van der Waals surface area contributed by atoms with Crippen LogP contribution in [0.4, 0.5) is 24.7 Å². The van der Waals surface area contributed by atoms with Crippen molar-refractivity contribution in [3.05, 3.63) is 93.7 Å². The number of aryl methyl sites for hydroxylation is 1. The highest BCUT2D eigenvalue weighted by atomic mass is 32.1. The average Bonchev–Trinajstić information content (AvgIpc) is 3.37. The summed E-state index contributed by atoms with van der Waals surface area (Å²) in [6.07, 6.45) is -2.22. The van der Waals surface area contributed by atoms with E-state index in [-0.39, 0.29) is 11.4 Å². The summed E-state index contributed by atoms with van der Waals surface area (Å²) in [5.41, 5.74) is 8.49. The quantitative estimate of drug-likeness (QED) is 0.200. The molecule has 10 heteroatoms. The van der Waals surface area contributed by atoms with Gasteiger partial charge in [0.25, 0.3) is 0 Å². The maximum Gasteiger partial charge on any atom is 0.416 e.